The average molecular weight is 160 g/mol. The highest BCUT2D eigenvalue weighted by Crippen LogP contribution is 2.21. The predicted molar refractivity (Wildman–Crippen MR) is 38.1 cm³/mol. The number of aliphatic hydroxyl groups excluding tert-OH is 1. The van der Waals surface area contributed by atoms with E-state index in [1.807, 2.05) is 0 Å². The molecule has 1 rings (SSSR count). The van der Waals surface area contributed by atoms with Crippen LogP contribution >= 0.6 is 0 Å². The van der Waals surface area contributed by atoms with E-state index in [0.29, 0.717) is 12.1 Å². The Labute approximate surface area is 64.6 Å². The maximum atomic E-state index is 8.99. The lowest BCUT2D eigenvalue weighted by Crippen LogP contribution is -2.42. The average Bonchev–Trinajstić information content (AvgIpc) is 2.31. The van der Waals surface area contributed by atoms with Crippen LogP contribution in [0.2, 0.25) is 0 Å². The summed E-state index contributed by atoms with van der Waals surface area (Å²) < 4.78 is 0. The lowest BCUT2D eigenvalue weighted by atomic mass is 9.94. The normalized spacial score (nSPS) is 39.5. The minimum atomic E-state index is -0.823. The lowest BCUT2D eigenvalue weighted by molar-refractivity contribution is -0.102. The number of hydrogen-bond donors (Lipinski definition) is 3. The number of nitrogens with one attached hydrogen (secondary N) is 1. The van der Waals surface area contributed by atoms with Gasteiger partial charge in [-0.15, -0.1) is 0 Å². The van der Waals surface area contributed by atoms with Crippen LogP contribution < -0.4 is 5.48 Å². The molecule has 3 N–H and O–H groups in total. The molecule has 2 unspecified atom stereocenters. The first kappa shape index (κ1) is 8.45. The summed E-state index contributed by atoms with van der Waals surface area (Å²) in [4.78, 5) is 4.70. The summed E-state index contributed by atoms with van der Waals surface area (Å²) in [6.45, 7) is 3.45. The van der Waals surface area contributed by atoms with Crippen LogP contribution in [0.4, 0.5) is 0 Å². The maximum Gasteiger partial charge on any atom is 0.176 e. The van der Waals surface area contributed by atoms with Crippen molar-refractivity contribution in [3.05, 3.63) is 0 Å². The van der Waals surface area contributed by atoms with Crippen molar-refractivity contribution in [1.82, 2.24) is 5.48 Å². The van der Waals surface area contributed by atoms with Crippen LogP contribution in [0, 0.1) is 0 Å². The highest BCUT2D eigenvalue weighted by atomic mass is 16.7. The predicted octanol–water partition coefficient (Wildman–Crippen LogP) is -0.162. The quantitative estimate of drug-likeness (QED) is 0.283. The fourth-order valence-corrected chi connectivity index (χ4v) is 0.963. The molecular weight excluding hydrogens is 148 g/mol. The Kier molecular flexibility index (Phi) is 2.12. The van der Waals surface area contributed by atoms with E-state index < -0.39 is 11.8 Å². The summed E-state index contributed by atoms with van der Waals surface area (Å²) in [5.41, 5.74) is 2.54. The number of hydrogen-bond acceptors (Lipinski definition) is 5. The van der Waals surface area contributed by atoms with E-state index in [9.17, 15) is 0 Å². The van der Waals surface area contributed by atoms with Crippen LogP contribution in [-0.4, -0.2) is 27.9 Å². The van der Waals surface area contributed by atoms with Crippen LogP contribution in [0.3, 0.4) is 0 Å². The molecule has 0 amide bonds. The Morgan fingerprint density at radius 3 is 2.82 bits per heavy atom. The van der Waals surface area contributed by atoms with Crippen molar-refractivity contribution in [3.8, 4) is 0 Å². The second-order valence-corrected chi connectivity index (χ2v) is 2.90. The Balaban J connectivity index is 2.69. The van der Waals surface area contributed by atoms with Crippen molar-refractivity contribution in [2.45, 2.75) is 32.1 Å². The van der Waals surface area contributed by atoms with Crippen molar-refractivity contribution in [2.24, 2.45) is 5.16 Å². The minimum absolute atomic E-state index is 0.392. The smallest absolute Gasteiger partial charge is 0.176 e. The molecule has 5 nitrogen and oxygen atoms in total. The molecule has 0 aromatic rings. The van der Waals surface area contributed by atoms with E-state index in [4.69, 9.17) is 15.2 Å². The van der Waals surface area contributed by atoms with Gasteiger partial charge in [-0.25, -0.2) is 0 Å². The standard InChI is InChI=1S/C6H12N2O3/c1-4(7-10)6(2)3-5(9)11-8-6/h5,8-10H,3H2,1-2H3. The van der Waals surface area contributed by atoms with Gasteiger partial charge in [0.2, 0.25) is 0 Å². The Bertz CT molecular complexity index is 183. The third-order valence-electron chi connectivity index (χ3n) is 1.95. The molecule has 11 heavy (non-hydrogen) atoms. The van der Waals surface area contributed by atoms with Gasteiger partial charge in [0.05, 0.1) is 11.3 Å². The van der Waals surface area contributed by atoms with Gasteiger partial charge in [-0.1, -0.05) is 5.16 Å². The van der Waals surface area contributed by atoms with E-state index >= 15 is 0 Å². The van der Waals surface area contributed by atoms with Crippen LogP contribution in [0.5, 0.6) is 0 Å². The second kappa shape index (κ2) is 2.77. The van der Waals surface area contributed by atoms with Crippen LogP contribution in [0.15, 0.2) is 5.16 Å². The largest absolute Gasteiger partial charge is 0.411 e. The molecule has 0 aromatic heterocycles. The first-order valence-electron chi connectivity index (χ1n) is 3.38. The molecule has 0 bridgehead atoms. The molecule has 2 atom stereocenters. The topological polar surface area (TPSA) is 74.1 Å². The molecule has 5 heteroatoms. The summed E-state index contributed by atoms with van der Waals surface area (Å²) in [5.74, 6) is 0. The molecule has 1 fully saturated rings. The molecule has 0 aliphatic carbocycles. The first-order chi connectivity index (χ1) is 5.08. The molecule has 1 aliphatic rings. The highest BCUT2D eigenvalue weighted by Gasteiger charge is 2.38. The number of aliphatic hydroxyl groups is 1. The minimum Gasteiger partial charge on any atom is -0.411 e. The SMILES string of the molecule is CC(=NO)C1(C)CC(O)ON1. The fourth-order valence-electron chi connectivity index (χ4n) is 0.963. The summed E-state index contributed by atoms with van der Waals surface area (Å²) in [7, 11) is 0. The number of nitrogens with zero attached hydrogens (tertiary/aromatic N) is 1. The zero-order chi connectivity index (χ0) is 8.48. The fraction of sp³-hybridized carbons (Fsp3) is 0.833. The van der Waals surface area contributed by atoms with E-state index in [1.165, 1.54) is 0 Å². The number of oxime groups is 1. The zero-order valence-electron chi connectivity index (χ0n) is 6.53. The van der Waals surface area contributed by atoms with E-state index in [0.717, 1.165) is 0 Å². The van der Waals surface area contributed by atoms with Crippen molar-refractivity contribution in [1.29, 1.82) is 0 Å². The van der Waals surface area contributed by atoms with Crippen LogP contribution in [-0.2, 0) is 4.84 Å². The highest BCUT2D eigenvalue weighted by molar-refractivity contribution is 5.90. The second-order valence-electron chi connectivity index (χ2n) is 2.90. The van der Waals surface area contributed by atoms with E-state index in [2.05, 4.69) is 10.6 Å². The third kappa shape index (κ3) is 1.50. The van der Waals surface area contributed by atoms with Gasteiger partial charge in [-0.2, -0.15) is 5.48 Å². The first-order valence-corrected chi connectivity index (χ1v) is 3.38. The van der Waals surface area contributed by atoms with Crippen LogP contribution in [0.25, 0.3) is 0 Å². The van der Waals surface area contributed by atoms with E-state index in [1.54, 1.807) is 13.8 Å². The third-order valence-corrected chi connectivity index (χ3v) is 1.95. The van der Waals surface area contributed by atoms with Crippen molar-refractivity contribution in [2.75, 3.05) is 0 Å². The lowest BCUT2D eigenvalue weighted by Gasteiger charge is -2.19. The molecule has 0 radical (unpaired) electrons. The monoisotopic (exact) mass is 160 g/mol. The van der Waals surface area contributed by atoms with E-state index in [-0.39, 0.29) is 0 Å². The molecule has 0 saturated carbocycles. The Hall–Kier alpha value is -0.650. The van der Waals surface area contributed by atoms with Gasteiger partial charge in [-0.3, -0.25) is 4.84 Å². The zero-order valence-corrected chi connectivity index (χ0v) is 6.53. The van der Waals surface area contributed by atoms with Gasteiger partial charge < -0.3 is 10.3 Å². The maximum absolute atomic E-state index is 8.99. The Morgan fingerprint density at radius 2 is 2.45 bits per heavy atom. The molecule has 1 saturated heterocycles. The van der Waals surface area contributed by atoms with Gasteiger partial charge in [0.15, 0.2) is 6.29 Å². The Morgan fingerprint density at radius 1 is 1.82 bits per heavy atom. The molecule has 1 heterocycles. The van der Waals surface area contributed by atoms with Gasteiger partial charge >= 0.3 is 0 Å². The number of hydroxylamine groups is 1. The van der Waals surface area contributed by atoms with Crippen molar-refractivity contribution < 1.29 is 15.2 Å². The van der Waals surface area contributed by atoms with Crippen LogP contribution in [0.1, 0.15) is 20.3 Å². The summed E-state index contributed by atoms with van der Waals surface area (Å²) in [5, 5.41) is 20.5. The van der Waals surface area contributed by atoms with Gasteiger partial charge in [-0.05, 0) is 13.8 Å². The van der Waals surface area contributed by atoms with Gasteiger partial charge in [0.1, 0.15) is 0 Å². The molecule has 0 aromatic carbocycles. The van der Waals surface area contributed by atoms with Gasteiger partial charge in [0.25, 0.3) is 0 Å². The van der Waals surface area contributed by atoms with Crippen molar-refractivity contribution in [3.63, 3.8) is 0 Å². The van der Waals surface area contributed by atoms with Gasteiger partial charge in [0, 0.05) is 6.42 Å². The van der Waals surface area contributed by atoms with Crippen molar-refractivity contribution >= 4 is 5.71 Å². The number of rotatable bonds is 1. The molecule has 64 valence electrons. The molecule has 0 spiro atoms. The summed E-state index contributed by atoms with van der Waals surface area (Å²) in [6.07, 6.45) is -0.431. The summed E-state index contributed by atoms with van der Waals surface area (Å²) >= 11 is 0. The molecular formula is C6H12N2O3. The summed E-state index contributed by atoms with van der Waals surface area (Å²) in [6, 6.07) is 0. The molecule has 1 aliphatic heterocycles.